The lowest BCUT2D eigenvalue weighted by Gasteiger charge is -2.35. The van der Waals surface area contributed by atoms with Crippen LogP contribution in [-0.4, -0.2) is 95.0 Å². The van der Waals surface area contributed by atoms with Crippen molar-refractivity contribution in [2.75, 3.05) is 39.9 Å². The molecule has 2 saturated heterocycles. The average molecular weight is 709 g/mol. The number of aliphatic hydroxyl groups is 1. The number of ether oxygens (including phenoxy) is 2. The molecule has 6 rings (SSSR count). The number of β-amino-alcohol motifs (C(OH)–C–C–N with tert-alkyl or cyclic N) is 1. The topological polar surface area (TPSA) is 113 Å². The molecule has 0 bridgehead atoms. The third-order valence-electron chi connectivity index (χ3n) is 9.96. The molecule has 4 aromatic rings. The number of aliphatic hydroxyl groups excluding tert-OH is 1. The fourth-order valence-corrected chi connectivity index (χ4v) is 7.35. The number of nitrogens with one attached hydrogen (secondary N) is 1. The van der Waals surface area contributed by atoms with Gasteiger partial charge in [0.25, 0.3) is 5.91 Å². The van der Waals surface area contributed by atoms with E-state index >= 15 is 0 Å². The number of hydrogen-bond donors (Lipinski definition) is 2. The minimum absolute atomic E-state index is 0.0202. The van der Waals surface area contributed by atoms with Gasteiger partial charge in [0.2, 0.25) is 5.91 Å². The first-order chi connectivity index (χ1) is 25.0. The number of fused-ring (bicyclic) bond motifs is 1. The number of alkyl carbamates (subject to hydrolysis) is 1. The van der Waals surface area contributed by atoms with Gasteiger partial charge in [-0.25, -0.2) is 4.79 Å². The maximum atomic E-state index is 14.0. The molecule has 2 atom stereocenters. The molecular formula is C42H52N4O6. The van der Waals surface area contributed by atoms with Crippen LogP contribution in [0.3, 0.4) is 0 Å². The van der Waals surface area contributed by atoms with Gasteiger partial charge in [-0.2, -0.15) is 0 Å². The molecule has 0 spiro atoms. The summed E-state index contributed by atoms with van der Waals surface area (Å²) in [4.78, 5) is 43.2. The number of piperidine rings is 1. The van der Waals surface area contributed by atoms with Crippen LogP contribution >= 0.6 is 0 Å². The number of amides is 3. The maximum Gasteiger partial charge on any atom is 0.407 e. The zero-order chi connectivity index (χ0) is 36.8. The Morgan fingerprint density at radius 2 is 1.62 bits per heavy atom. The highest BCUT2D eigenvalue weighted by Crippen LogP contribution is 2.33. The first-order valence-electron chi connectivity index (χ1n) is 18.5. The second-order valence-electron chi connectivity index (χ2n) is 15.2. The number of aromatic nitrogens is 1. The highest BCUT2D eigenvalue weighted by atomic mass is 16.6. The Morgan fingerprint density at radius 1 is 0.923 bits per heavy atom. The molecule has 10 heteroatoms. The van der Waals surface area contributed by atoms with E-state index in [2.05, 4.69) is 40.2 Å². The lowest BCUT2D eigenvalue weighted by Crippen LogP contribution is -2.53. The fourth-order valence-electron chi connectivity index (χ4n) is 7.35. The van der Waals surface area contributed by atoms with Crippen molar-refractivity contribution in [1.29, 1.82) is 0 Å². The molecule has 2 fully saturated rings. The van der Waals surface area contributed by atoms with E-state index in [0.717, 1.165) is 42.5 Å². The SMILES string of the molecule is COCCCn1c(C2CCCN(C(=O)C[C@@H](Cc3ccc(-c4ccc(C(=O)N5CC(O)C5)cc4)cc3)NC(=O)OC(C)(C)C)C2)cc2ccccc21. The third-order valence-corrected chi connectivity index (χ3v) is 9.96. The van der Waals surface area contributed by atoms with Crippen molar-refractivity contribution in [3.63, 3.8) is 0 Å². The number of carbonyl (C=O) groups is 3. The van der Waals surface area contributed by atoms with Crippen molar-refractivity contribution in [3.8, 4) is 11.1 Å². The minimum Gasteiger partial charge on any atom is -0.444 e. The summed E-state index contributed by atoms with van der Waals surface area (Å²) in [5.74, 6) is 0.159. The van der Waals surface area contributed by atoms with Crippen molar-refractivity contribution in [1.82, 2.24) is 19.7 Å². The number of para-hydroxylation sites is 1. The number of hydrogen-bond acceptors (Lipinski definition) is 6. The van der Waals surface area contributed by atoms with Crippen molar-refractivity contribution in [3.05, 3.63) is 95.7 Å². The third kappa shape index (κ3) is 9.21. The Labute approximate surface area is 306 Å². The molecule has 3 aromatic carbocycles. The molecule has 1 unspecified atom stereocenters. The summed E-state index contributed by atoms with van der Waals surface area (Å²) in [5.41, 5.74) is 5.35. The van der Waals surface area contributed by atoms with Crippen LogP contribution < -0.4 is 5.32 Å². The molecule has 52 heavy (non-hydrogen) atoms. The van der Waals surface area contributed by atoms with Crippen LogP contribution in [-0.2, 0) is 27.2 Å². The second kappa shape index (κ2) is 16.3. The minimum atomic E-state index is -0.668. The molecule has 3 amide bonds. The molecule has 2 aliphatic heterocycles. The van der Waals surface area contributed by atoms with Crippen molar-refractivity contribution in [2.45, 2.75) is 83.1 Å². The van der Waals surface area contributed by atoms with Crippen LogP contribution in [0.25, 0.3) is 22.0 Å². The van der Waals surface area contributed by atoms with E-state index in [4.69, 9.17) is 9.47 Å². The summed E-state index contributed by atoms with van der Waals surface area (Å²) in [7, 11) is 1.73. The summed E-state index contributed by atoms with van der Waals surface area (Å²) in [5, 5.41) is 13.7. The molecule has 3 heterocycles. The van der Waals surface area contributed by atoms with Gasteiger partial charge in [-0.3, -0.25) is 9.59 Å². The van der Waals surface area contributed by atoms with Gasteiger partial charge in [0, 0.05) is 81.6 Å². The molecule has 0 aliphatic carbocycles. The van der Waals surface area contributed by atoms with E-state index in [-0.39, 0.29) is 24.2 Å². The molecule has 276 valence electrons. The van der Waals surface area contributed by atoms with Crippen LogP contribution in [0.15, 0.2) is 78.9 Å². The highest BCUT2D eigenvalue weighted by Gasteiger charge is 2.31. The summed E-state index contributed by atoms with van der Waals surface area (Å²) in [6, 6.07) is 25.8. The Morgan fingerprint density at radius 3 is 2.29 bits per heavy atom. The summed E-state index contributed by atoms with van der Waals surface area (Å²) < 4.78 is 13.3. The van der Waals surface area contributed by atoms with Crippen molar-refractivity contribution < 1.29 is 29.0 Å². The summed E-state index contributed by atoms with van der Waals surface area (Å²) in [6.07, 6.45) is 2.49. The molecule has 0 radical (unpaired) electrons. The van der Waals surface area contributed by atoms with Crippen molar-refractivity contribution in [2.24, 2.45) is 0 Å². The molecule has 1 aromatic heterocycles. The van der Waals surface area contributed by atoms with Crippen LogP contribution in [0.5, 0.6) is 0 Å². The van der Waals surface area contributed by atoms with Crippen LogP contribution in [0.4, 0.5) is 4.79 Å². The van der Waals surface area contributed by atoms with Crippen LogP contribution in [0.1, 0.15) is 74.0 Å². The zero-order valence-electron chi connectivity index (χ0n) is 30.8. The average Bonchev–Trinajstić information content (AvgIpc) is 3.48. The van der Waals surface area contributed by atoms with Crippen LogP contribution in [0.2, 0.25) is 0 Å². The highest BCUT2D eigenvalue weighted by molar-refractivity contribution is 5.95. The Bertz CT molecular complexity index is 1840. The van der Waals surface area contributed by atoms with E-state index in [0.29, 0.717) is 44.8 Å². The van der Waals surface area contributed by atoms with Gasteiger partial charge >= 0.3 is 6.09 Å². The van der Waals surface area contributed by atoms with Gasteiger partial charge < -0.3 is 34.3 Å². The number of carbonyl (C=O) groups excluding carboxylic acids is 3. The Kier molecular flexibility index (Phi) is 11.7. The largest absolute Gasteiger partial charge is 0.444 e. The zero-order valence-corrected chi connectivity index (χ0v) is 30.8. The van der Waals surface area contributed by atoms with Crippen molar-refractivity contribution >= 4 is 28.8 Å². The van der Waals surface area contributed by atoms with E-state index < -0.39 is 23.8 Å². The van der Waals surface area contributed by atoms with E-state index in [9.17, 15) is 19.5 Å². The number of rotatable bonds is 12. The van der Waals surface area contributed by atoms with Crippen LogP contribution in [0, 0.1) is 0 Å². The Hall–Kier alpha value is -4.67. The number of methoxy groups -OCH3 is 1. The van der Waals surface area contributed by atoms with Gasteiger partial charge in [0.1, 0.15) is 5.60 Å². The number of benzene rings is 3. The summed E-state index contributed by atoms with van der Waals surface area (Å²) >= 11 is 0. The van der Waals surface area contributed by atoms with Gasteiger partial charge in [0.15, 0.2) is 0 Å². The van der Waals surface area contributed by atoms with E-state index in [1.165, 1.54) is 16.6 Å². The first-order valence-corrected chi connectivity index (χ1v) is 18.5. The van der Waals surface area contributed by atoms with Gasteiger partial charge in [-0.15, -0.1) is 0 Å². The molecule has 10 nitrogen and oxygen atoms in total. The molecule has 0 saturated carbocycles. The Balaban J connectivity index is 1.13. The monoisotopic (exact) mass is 708 g/mol. The predicted molar refractivity (Wildman–Crippen MR) is 202 cm³/mol. The van der Waals surface area contributed by atoms with E-state index in [1.54, 1.807) is 12.0 Å². The van der Waals surface area contributed by atoms with Gasteiger partial charge in [0.05, 0.1) is 6.10 Å². The van der Waals surface area contributed by atoms with E-state index in [1.807, 2.05) is 74.2 Å². The molecule has 2 aliphatic rings. The quantitative estimate of drug-likeness (QED) is 0.165. The van der Waals surface area contributed by atoms with Gasteiger partial charge in [-0.05, 0) is 92.8 Å². The lowest BCUT2D eigenvalue weighted by molar-refractivity contribution is -0.132. The molecule has 2 N–H and O–H groups in total. The number of nitrogens with zero attached hydrogens (tertiary/aromatic N) is 3. The fraction of sp³-hybridized carbons (Fsp3) is 0.452. The van der Waals surface area contributed by atoms with Gasteiger partial charge in [-0.1, -0.05) is 54.6 Å². The standard InChI is InChI=1S/C42H52N4O6/c1-42(2,3)52-41(50)43-35(23-29-12-14-30(15-13-29)31-16-18-32(19-17-31)40(49)45-27-36(47)28-45)25-39(48)44-20-7-10-34(26-44)38-24-33-9-5-6-11-37(33)46(38)21-8-22-51-4/h5-6,9,11-19,24,34-36,47H,7-8,10,20-23,25-28H2,1-4H3,(H,43,50)/t34?,35-/m1/s1. The second-order valence-corrected chi connectivity index (χ2v) is 15.2. The number of likely N-dealkylation sites (tertiary alicyclic amines) is 2. The lowest BCUT2D eigenvalue weighted by atomic mass is 9.93. The molecular weight excluding hydrogens is 656 g/mol. The normalized spacial score (nSPS) is 17.1. The first kappa shape index (κ1) is 37.1. The maximum absolute atomic E-state index is 14.0. The number of aryl methyl sites for hydroxylation is 1. The summed E-state index contributed by atoms with van der Waals surface area (Å²) in [6.45, 7) is 9.10. The predicted octanol–water partition coefficient (Wildman–Crippen LogP) is 6.39. The smallest absolute Gasteiger partial charge is 0.407 e.